The summed E-state index contributed by atoms with van der Waals surface area (Å²) >= 11 is 3.53. The Morgan fingerprint density at radius 2 is 2.21 bits per heavy atom. The molecular formula is C14H18BrN3O. The van der Waals surface area contributed by atoms with Crippen molar-refractivity contribution in [2.75, 3.05) is 7.05 Å². The minimum atomic E-state index is 0.446. The van der Waals surface area contributed by atoms with Gasteiger partial charge in [0, 0.05) is 22.5 Å². The molecule has 19 heavy (non-hydrogen) atoms. The predicted molar refractivity (Wildman–Crippen MR) is 79.0 cm³/mol. The highest BCUT2D eigenvalue weighted by atomic mass is 79.9. The minimum Gasteiger partial charge on any atom is -0.339 e. The average molecular weight is 324 g/mol. The summed E-state index contributed by atoms with van der Waals surface area (Å²) in [6.45, 7) is 4.18. The molecule has 0 aliphatic heterocycles. The molecule has 1 aromatic heterocycles. The second kappa shape index (κ2) is 6.30. The number of aryl methyl sites for hydroxylation is 2. The van der Waals surface area contributed by atoms with Crippen LogP contribution in [0.3, 0.4) is 0 Å². The summed E-state index contributed by atoms with van der Waals surface area (Å²) in [5.74, 6) is 1.32. The highest BCUT2D eigenvalue weighted by molar-refractivity contribution is 9.10. The number of hydrogen-bond donors (Lipinski definition) is 1. The lowest BCUT2D eigenvalue weighted by atomic mass is 10.1. The van der Waals surface area contributed by atoms with Crippen LogP contribution in [0.2, 0.25) is 0 Å². The van der Waals surface area contributed by atoms with Gasteiger partial charge in [-0.3, -0.25) is 0 Å². The number of nitrogens with one attached hydrogen (secondary N) is 1. The van der Waals surface area contributed by atoms with Crippen LogP contribution < -0.4 is 5.32 Å². The molecule has 5 heteroatoms. The maximum absolute atomic E-state index is 5.29. The Morgan fingerprint density at radius 1 is 1.42 bits per heavy atom. The molecule has 0 fully saturated rings. The number of aromatic nitrogens is 2. The first-order chi connectivity index (χ1) is 9.10. The highest BCUT2D eigenvalue weighted by Gasteiger charge is 2.12. The van der Waals surface area contributed by atoms with Gasteiger partial charge in [0.15, 0.2) is 0 Å². The number of nitrogens with zero attached hydrogens (tertiary/aromatic N) is 2. The molecule has 0 saturated heterocycles. The topological polar surface area (TPSA) is 51.0 Å². The molecule has 0 aliphatic rings. The van der Waals surface area contributed by atoms with Gasteiger partial charge in [-0.2, -0.15) is 4.98 Å². The van der Waals surface area contributed by atoms with Crippen LogP contribution >= 0.6 is 15.9 Å². The van der Waals surface area contributed by atoms with E-state index < -0.39 is 0 Å². The van der Waals surface area contributed by atoms with Crippen molar-refractivity contribution in [3.8, 4) is 11.4 Å². The second-order valence-electron chi connectivity index (χ2n) is 4.72. The van der Waals surface area contributed by atoms with Crippen molar-refractivity contribution in [3.05, 3.63) is 34.1 Å². The summed E-state index contributed by atoms with van der Waals surface area (Å²) in [5.41, 5.74) is 2.16. The van der Waals surface area contributed by atoms with E-state index in [-0.39, 0.29) is 0 Å². The first-order valence-corrected chi connectivity index (χ1v) is 7.16. The molecule has 102 valence electrons. The Morgan fingerprint density at radius 3 is 2.89 bits per heavy atom. The summed E-state index contributed by atoms with van der Waals surface area (Å²) in [6, 6.07) is 6.54. The van der Waals surface area contributed by atoms with Gasteiger partial charge in [0.1, 0.15) is 0 Å². The first kappa shape index (κ1) is 14.2. The van der Waals surface area contributed by atoms with Gasteiger partial charge in [0.05, 0.1) is 0 Å². The van der Waals surface area contributed by atoms with Gasteiger partial charge in [-0.05, 0) is 45.0 Å². The molecule has 1 heterocycles. The molecule has 1 unspecified atom stereocenters. The van der Waals surface area contributed by atoms with Crippen molar-refractivity contribution in [3.63, 3.8) is 0 Å². The van der Waals surface area contributed by atoms with E-state index in [0.29, 0.717) is 17.8 Å². The lowest BCUT2D eigenvalue weighted by Gasteiger charge is -2.06. The molecule has 0 aliphatic carbocycles. The van der Waals surface area contributed by atoms with Gasteiger partial charge < -0.3 is 9.84 Å². The molecule has 1 aromatic carbocycles. The standard InChI is InChI=1S/C14H18BrN3O/c1-9-4-6-11(12(15)8-9)14-17-13(19-18-14)7-5-10(2)16-3/h4,6,8,10,16H,5,7H2,1-3H3. The Kier molecular flexibility index (Phi) is 4.71. The minimum absolute atomic E-state index is 0.446. The van der Waals surface area contributed by atoms with Gasteiger partial charge in [-0.25, -0.2) is 0 Å². The third kappa shape index (κ3) is 3.64. The van der Waals surface area contributed by atoms with E-state index >= 15 is 0 Å². The quantitative estimate of drug-likeness (QED) is 0.916. The highest BCUT2D eigenvalue weighted by Crippen LogP contribution is 2.27. The smallest absolute Gasteiger partial charge is 0.227 e. The molecule has 2 rings (SSSR count). The number of hydrogen-bond acceptors (Lipinski definition) is 4. The van der Waals surface area contributed by atoms with Crippen molar-refractivity contribution in [2.45, 2.75) is 32.7 Å². The van der Waals surface area contributed by atoms with Crippen molar-refractivity contribution in [1.29, 1.82) is 0 Å². The molecule has 0 bridgehead atoms. The van der Waals surface area contributed by atoms with Gasteiger partial charge in [-0.1, -0.05) is 27.2 Å². The van der Waals surface area contributed by atoms with Gasteiger partial charge in [0.2, 0.25) is 11.7 Å². The van der Waals surface area contributed by atoms with E-state index in [9.17, 15) is 0 Å². The Bertz CT molecular complexity index is 553. The number of halogens is 1. The first-order valence-electron chi connectivity index (χ1n) is 6.36. The average Bonchev–Trinajstić information content (AvgIpc) is 2.84. The van der Waals surface area contributed by atoms with Crippen LogP contribution in [0.4, 0.5) is 0 Å². The van der Waals surface area contributed by atoms with Crippen molar-refractivity contribution >= 4 is 15.9 Å². The van der Waals surface area contributed by atoms with E-state index in [1.54, 1.807) is 0 Å². The van der Waals surface area contributed by atoms with Crippen LogP contribution in [0, 0.1) is 6.92 Å². The van der Waals surface area contributed by atoms with Crippen molar-refractivity contribution < 1.29 is 4.52 Å². The Labute approximate surface area is 121 Å². The largest absolute Gasteiger partial charge is 0.339 e. The van der Waals surface area contributed by atoms with E-state index in [1.165, 1.54) is 5.56 Å². The predicted octanol–water partition coefficient (Wildman–Crippen LogP) is 3.35. The summed E-state index contributed by atoms with van der Waals surface area (Å²) in [7, 11) is 1.95. The van der Waals surface area contributed by atoms with Crippen molar-refractivity contribution in [1.82, 2.24) is 15.5 Å². The maximum atomic E-state index is 5.29. The zero-order valence-corrected chi connectivity index (χ0v) is 13.0. The molecule has 0 amide bonds. The lowest BCUT2D eigenvalue weighted by Crippen LogP contribution is -2.21. The fourth-order valence-corrected chi connectivity index (χ4v) is 2.42. The van der Waals surface area contributed by atoms with Crippen LogP contribution in [0.15, 0.2) is 27.2 Å². The third-order valence-corrected chi connectivity index (χ3v) is 3.77. The fraction of sp³-hybridized carbons (Fsp3) is 0.429. The zero-order chi connectivity index (χ0) is 13.8. The van der Waals surface area contributed by atoms with Gasteiger partial charge in [0.25, 0.3) is 0 Å². The van der Waals surface area contributed by atoms with Gasteiger partial charge in [-0.15, -0.1) is 0 Å². The molecule has 1 atom stereocenters. The lowest BCUT2D eigenvalue weighted by molar-refractivity contribution is 0.369. The molecule has 0 spiro atoms. The molecule has 0 saturated carbocycles. The summed E-state index contributed by atoms with van der Waals surface area (Å²) in [6.07, 6.45) is 1.77. The molecule has 1 N–H and O–H groups in total. The van der Waals surface area contributed by atoms with E-state index in [2.05, 4.69) is 51.3 Å². The SMILES string of the molecule is CNC(C)CCc1nc(-c2ccc(C)cc2Br)no1. The number of rotatable bonds is 5. The third-order valence-electron chi connectivity index (χ3n) is 3.12. The molecule has 4 nitrogen and oxygen atoms in total. The molecule has 2 aromatic rings. The maximum Gasteiger partial charge on any atom is 0.227 e. The van der Waals surface area contributed by atoms with Crippen LogP contribution in [-0.2, 0) is 6.42 Å². The molecule has 0 radical (unpaired) electrons. The zero-order valence-electron chi connectivity index (χ0n) is 11.4. The van der Waals surface area contributed by atoms with Crippen LogP contribution in [0.1, 0.15) is 24.8 Å². The monoisotopic (exact) mass is 323 g/mol. The van der Waals surface area contributed by atoms with E-state index in [0.717, 1.165) is 22.9 Å². The number of benzene rings is 1. The summed E-state index contributed by atoms with van der Waals surface area (Å²) in [5, 5.41) is 7.24. The summed E-state index contributed by atoms with van der Waals surface area (Å²) in [4.78, 5) is 4.44. The normalized spacial score (nSPS) is 12.6. The van der Waals surface area contributed by atoms with Crippen LogP contribution in [0.25, 0.3) is 11.4 Å². The summed E-state index contributed by atoms with van der Waals surface area (Å²) < 4.78 is 6.28. The van der Waals surface area contributed by atoms with Gasteiger partial charge >= 0.3 is 0 Å². The fourth-order valence-electron chi connectivity index (χ4n) is 1.75. The second-order valence-corrected chi connectivity index (χ2v) is 5.58. The van der Waals surface area contributed by atoms with E-state index in [1.807, 2.05) is 19.2 Å². The van der Waals surface area contributed by atoms with Crippen LogP contribution in [0.5, 0.6) is 0 Å². The van der Waals surface area contributed by atoms with E-state index in [4.69, 9.17) is 4.52 Å². The van der Waals surface area contributed by atoms with Crippen molar-refractivity contribution in [2.24, 2.45) is 0 Å². The Hall–Kier alpha value is -1.20. The van der Waals surface area contributed by atoms with Crippen LogP contribution in [-0.4, -0.2) is 23.2 Å². The molecular weight excluding hydrogens is 306 g/mol. The Balaban J connectivity index is 2.12.